The van der Waals surface area contributed by atoms with E-state index in [1.165, 1.54) is 0 Å². The number of aliphatic hydroxyl groups excluding tert-OH is 1. The molecule has 0 aliphatic rings. The Morgan fingerprint density at radius 2 is 2.27 bits per heavy atom. The van der Waals surface area contributed by atoms with Gasteiger partial charge in [0.15, 0.2) is 0 Å². The Morgan fingerprint density at radius 1 is 1.60 bits per heavy atom. The Balaban J connectivity index is 3.70. The number of carbonyl (C=O) groups is 1. The van der Waals surface area contributed by atoms with Gasteiger partial charge in [-0.05, 0) is 13.3 Å². The van der Waals surface area contributed by atoms with Crippen LogP contribution < -0.4 is 5.32 Å². The summed E-state index contributed by atoms with van der Waals surface area (Å²) in [4.78, 5) is 11.0. The first-order valence-corrected chi connectivity index (χ1v) is 5.17. The summed E-state index contributed by atoms with van der Waals surface area (Å²) in [6, 6.07) is -0.0538. The van der Waals surface area contributed by atoms with Crippen LogP contribution in [0, 0.1) is 12.3 Å². The molecular formula is C11H19NO3. The van der Waals surface area contributed by atoms with Crippen LogP contribution in [0.5, 0.6) is 0 Å². The van der Waals surface area contributed by atoms with Crippen molar-refractivity contribution in [3.63, 3.8) is 0 Å². The van der Waals surface area contributed by atoms with Crippen molar-refractivity contribution in [2.45, 2.75) is 38.8 Å². The molecule has 86 valence electrons. The predicted molar refractivity (Wildman–Crippen MR) is 58.2 cm³/mol. The second kappa shape index (κ2) is 8.27. The van der Waals surface area contributed by atoms with E-state index in [9.17, 15) is 9.90 Å². The van der Waals surface area contributed by atoms with Crippen molar-refractivity contribution in [3.8, 4) is 12.3 Å². The van der Waals surface area contributed by atoms with E-state index in [0.29, 0.717) is 13.2 Å². The quantitative estimate of drug-likeness (QED) is 0.472. The number of nitrogens with one attached hydrogen (secondary N) is 1. The van der Waals surface area contributed by atoms with Crippen molar-refractivity contribution in [2.24, 2.45) is 0 Å². The third kappa shape index (κ3) is 6.95. The van der Waals surface area contributed by atoms with Crippen LogP contribution in [-0.4, -0.2) is 36.4 Å². The summed E-state index contributed by atoms with van der Waals surface area (Å²) in [5, 5.41) is 12.4. The molecule has 0 bridgehead atoms. The van der Waals surface area contributed by atoms with E-state index in [1.807, 2.05) is 6.92 Å². The SMILES string of the molecule is C#CC(CC)NCC(O)CC(=O)OCC. The summed E-state index contributed by atoms with van der Waals surface area (Å²) < 4.78 is 4.70. The Kier molecular flexibility index (Phi) is 7.69. The smallest absolute Gasteiger partial charge is 0.308 e. The lowest BCUT2D eigenvalue weighted by molar-refractivity contribution is -0.145. The number of aliphatic hydroxyl groups is 1. The number of hydrogen-bond acceptors (Lipinski definition) is 4. The molecule has 4 nitrogen and oxygen atoms in total. The number of esters is 1. The van der Waals surface area contributed by atoms with E-state index in [2.05, 4.69) is 11.2 Å². The number of hydrogen-bond donors (Lipinski definition) is 2. The largest absolute Gasteiger partial charge is 0.466 e. The molecule has 0 aliphatic carbocycles. The van der Waals surface area contributed by atoms with Crippen molar-refractivity contribution in [2.75, 3.05) is 13.2 Å². The second-order valence-electron chi connectivity index (χ2n) is 3.20. The van der Waals surface area contributed by atoms with E-state index >= 15 is 0 Å². The molecule has 15 heavy (non-hydrogen) atoms. The first kappa shape index (κ1) is 13.9. The summed E-state index contributed by atoms with van der Waals surface area (Å²) in [6.45, 7) is 4.33. The van der Waals surface area contributed by atoms with Gasteiger partial charge in [-0.2, -0.15) is 0 Å². The molecule has 0 aromatic heterocycles. The molecule has 2 N–H and O–H groups in total. The van der Waals surface area contributed by atoms with Crippen LogP contribution in [0.15, 0.2) is 0 Å². The first-order chi connectivity index (χ1) is 7.13. The highest BCUT2D eigenvalue weighted by atomic mass is 16.5. The predicted octanol–water partition coefficient (Wildman–Crippen LogP) is 0.302. The number of rotatable bonds is 7. The molecular weight excluding hydrogens is 194 g/mol. The maximum absolute atomic E-state index is 11.0. The topological polar surface area (TPSA) is 58.6 Å². The highest BCUT2D eigenvalue weighted by Crippen LogP contribution is 1.95. The van der Waals surface area contributed by atoms with Gasteiger partial charge in [-0.1, -0.05) is 12.8 Å². The second-order valence-corrected chi connectivity index (χ2v) is 3.20. The molecule has 0 radical (unpaired) electrons. The minimum atomic E-state index is -0.744. The molecule has 0 saturated heterocycles. The van der Waals surface area contributed by atoms with Crippen molar-refractivity contribution < 1.29 is 14.6 Å². The average molecular weight is 213 g/mol. The highest BCUT2D eigenvalue weighted by molar-refractivity contribution is 5.69. The zero-order valence-electron chi connectivity index (χ0n) is 9.32. The summed E-state index contributed by atoms with van der Waals surface area (Å²) in [5.74, 6) is 2.16. The molecule has 0 rings (SSSR count). The minimum absolute atomic E-state index is 0.00183. The monoisotopic (exact) mass is 213 g/mol. The molecule has 0 spiro atoms. The Morgan fingerprint density at radius 3 is 2.73 bits per heavy atom. The van der Waals surface area contributed by atoms with Crippen LogP contribution >= 0.6 is 0 Å². The molecule has 0 heterocycles. The molecule has 0 aromatic carbocycles. The average Bonchev–Trinajstić information content (AvgIpc) is 2.19. The molecule has 0 saturated carbocycles. The van der Waals surface area contributed by atoms with Crippen LogP contribution in [0.1, 0.15) is 26.7 Å². The van der Waals surface area contributed by atoms with Crippen molar-refractivity contribution in [1.82, 2.24) is 5.32 Å². The van der Waals surface area contributed by atoms with E-state index in [0.717, 1.165) is 6.42 Å². The Labute approximate surface area is 91.0 Å². The normalized spacial score (nSPS) is 14.0. The van der Waals surface area contributed by atoms with E-state index < -0.39 is 6.10 Å². The Hall–Kier alpha value is -1.05. The fraction of sp³-hybridized carbons (Fsp3) is 0.727. The zero-order valence-corrected chi connectivity index (χ0v) is 9.32. The lowest BCUT2D eigenvalue weighted by Crippen LogP contribution is -2.35. The molecule has 2 unspecified atom stereocenters. The molecule has 4 heteroatoms. The molecule has 0 aliphatic heterocycles. The molecule has 2 atom stereocenters. The summed E-state index contributed by atoms with van der Waals surface area (Å²) >= 11 is 0. The zero-order chi connectivity index (χ0) is 11.7. The summed E-state index contributed by atoms with van der Waals surface area (Å²) in [7, 11) is 0. The fourth-order valence-corrected chi connectivity index (χ4v) is 1.08. The third-order valence-electron chi connectivity index (χ3n) is 1.92. The van der Waals surface area contributed by atoms with Gasteiger partial charge in [-0.25, -0.2) is 0 Å². The van der Waals surface area contributed by atoms with E-state index in [4.69, 9.17) is 11.2 Å². The van der Waals surface area contributed by atoms with Gasteiger partial charge in [-0.15, -0.1) is 6.42 Å². The van der Waals surface area contributed by atoms with Crippen molar-refractivity contribution >= 4 is 5.97 Å². The summed E-state index contributed by atoms with van der Waals surface area (Å²) in [5.41, 5.74) is 0. The van der Waals surface area contributed by atoms with Gasteiger partial charge in [0.05, 0.1) is 25.2 Å². The van der Waals surface area contributed by atoms with Gasteiger partial charge in [0, 0.05) is 6.54 Å². The lowest BCUT2D eigenvalue weighted by Gasteiger charge is -2.14. The fourth-order valence-electron chi connectivity index (χ4n) is 1.08. The Bertz CT molecular complexity index is 222. The number of carbonyl (C=O) groups excluding carboxylic acids is 1. The first-order valence-electron chi connectivity index (χ1n) is 5.17. The highest BCUT2D eigenvalue weighted by Gasteiger charge is 2.12. The van der Waals surface area contributed by atoms with Crippen LogP contribution in [0.25, 0.3) is 0 Å². The van der Waals surface area contributed by atoms with Crippen LogP contribution in [0.3, 0.4) is 0 Å². The van der Waals surface area contributed by atoms with Crippen LogP contribution in [0.4, 0.5) is 0 Å². The van der Waals surface area contributed by atoms with Gasteiger partial charge >= 0.3 is 5.97 Å². The van der Waals surface area contributed by atoms with E-state index in [1.54, 1.807) is 6.92 Å². The van der Waals surface area contributed by atoms with Gasteiger partial charge < -0.3 is 15.2 Å². The molecule has 0 aromatic rings. The van der Waals surface area contributed by atoms with E-state index in [-0.39, 0.29) is 18.4 Å². The van der Waals surface area contributed by atoms with Crippen molar-refractivity contribution in [3.05, 3.63) is 0 Å². The summed E-state index contributed by atoms with van der Waals surface area (Å²) in [6.07, 6.45) is 5.28. The van der Waals surface area contributed by atoms with Gasteiger partial charge in [-0.3, -0.25) is 4.79 Å². The maximum Gasteiger partial charge on any atom is 0.308 e. The van der Waals surface area contributed by atoms with Crippen molar-refractivity contribution in [1.29, 1.82) is 0 Å². The molecule has 0 amide bonds. The number of ether oxygens (including phenoxy) is 1. The maximum atomic E-state index is 11.0. The van der Waals surface area contributed by atoms with Gasteiger partial charge in [0.1, 0.15) is 0 Å². The lowest BCUT2D eigenvalue weighted by atomic mass is 10.2. The minimum Gasteiger partial charge on any atom is -0.466 e. The van der Waals surface area contributed by atoms with Crippen LogP contribution in [-0.2, 0) is 9.53 Å². The molecule has 0 fully saturated rings. The van der Waals surface area contributed by atoms with Crippen LogP contribution in [0.2, 0.25) is 0 Å². The van der Waals surface area contributed by atoms with Gasteiger partial charge in [0.2, 0.25) is 0 Å². The standard InChI is InChI=1S/C11H19NO3/c1-4-9(5-2)12-8-10(13)7-11(14)15-6-3/h1,9-10,12-13H,5-8H2,2-3H3. The third-order valence-corrected chi connectivity index (χ3v) is 1.92. The number of terminal acetylenes is 1. The van der Waals surface area contributed by atoms with Gasteiger partial charge in [0.25, 0.3) is 0 Å².